The van der Waals surface area contributed by atoms with Gasteiger partial charge < -0.3 is 10.1 Å². The highest BCUT2D eigenvalue weighted by molar-refractivity contribution is 5.97. The number of aromatic hydroxyl groups is 1. The fourth-order valence-electron chi connectivity index (χ4n) is 3.83. The maximum absolute atomic E-state index is 13.4. The molecule has 3 N–H and O–H groups in total. The maximum atomic E-state index is 13.4. The molecule has 0 atom stereocenters. The van der Waals surface area contributed by atoms with Gasteiger partial charge in [-0.1, -0.05) is 24.3 Å². The van der Waals surface area contributed by atoms with Gasteiger partial charge in [0.25, 0.3) is 0 Å². The van der Waals surface area contributed by atoms with Gasteiger partial charge in [-0.3, -0.25) is 15.1 Å². The van der Waals surface area contributed by atoms with Crippen LogP contribution in [0.25, 0.3) is 55.8 Å². The Morgan fingerprint density at radius 3 is 2.59 bits per heavy atom. The topological polar surface area (TPSA) is 103 Å². The largest absolute Gasteiger partial charge is 0.506 e. The number of hydrogen-bond donors (Lipinski definition) is 3. The summed E-state index contributed by atoms with van der Waals surface area (Å²) in [6, 6.07) is 15.7. The zero-order valence-corrected chi connectivity index (χ0v) is 16.5. The molecule has 8 heteroatoms. The summed E-state index contributed by atoms with van der Waals surface area (Å²) in [7, 11) is 0. The van der Waals surface area contributed by atoms with Gasteiger partial charge in [-0.25, -0.2) is 9.37 Å². The van der Waals surface area contributed by atoms with Gasteiger partial charge >= 0.3 is 0 Å². The number of pyridine rings is 2. The van der Waals surface area contributed by atoms with Gasteiger partial charge in [0, 0.05) is 22.7 Å². The van der Waals surface area contributed by atoms with E-state index in [9.17, 15) is 9.50 Å². The van der Waals surface area contributed by atoms with Gasteiger partial charge in [0.05, 0.1) is 34.6 Å². The van der Waals surface area contributed by atoms with Crippen molar-refractivity contribution in [1.82, 2.24) is 30.1 Å². The number of nitrogens with one attached hydrogen (secondary N) is 2. The Morgan fingerprint density at radius 1 is 0.875 bits per heavy atom. The van der Waals surface area contributed by atoms with Crippen LogP contribution in [0.1, 0.15) is 0 Å². The molecule has 4 aromatic heterocycles. The summed E-state index contributed by atoms with van der Waals surface area (Å²) in [4.78, 5) is 16.6. The van der Waals surface area contributed by atoms with E-state index in [-0.39, 0.29) is 11.6 Å². The number of benzene rings is 2. The molecule has 154 valence electrons. The first-order chi connectivity index (χ1) is 15.7. The molecule has 0 bridgehead atoms. The number of aromatic amines is 2. The Balaban J connectivity index is 1.50. The lowest BCUT2D eigenvalue weighted by Gasteiger charge is -2.02. The highest BCUT2D eigenvalue weighted by Crippen LogP contribution is 2.32. The van der Waals surface area contributed by atoms with E-state index in [1.807, 2.05) is 24.3 Å². The summed E-state index contributed by atoms with van der Waals surface area (Å²) in [6.07, 6.45) is 4.71. The molecule has 0 aliphatic heterocycles. The van der Waals surface area contributed by atoms with E-state index < -0.39 is 0 Å². The smallest absolute Gasteiger partial charge is 0.159 e. The molecule has 0 unspecified atom stereocenters. The first-order valence-electron chi connectivity index (χ1n) is 9.89. The fraction of sp³-hybridized carbons (Fsp3) is 0. The van der Waals surface area contributed by atoms with Crippen molar-refractivity contribution in [3.8, 4) is 39.7 Å². The standard InChI is InChI=1S/C24H15FN6O/c25-15-6-4-13(5-7-15)17-2-1-3-19-22(17)29-24(28-19)23-18-9-20(27-12-21(18)30-31-23)14-8-16(32)11-26-10-14/h1-12,32H,(H,28,29)(H,30,31). The summed E-state index contributed by atoms with van der Waals surface area (Å²) in [5, 5.41) is 18.0. The lowest BCUT2D eigenvalue weighted by Crippen LogP contribution is -1.86. The number of halogens is 1. The van der Waals surface area contributed by atoms with E-state index in [1.54, 1.807) is 30.6 Å². The van der Waals surface area contributed by atoms with Crippen LogP contribution in [-0.2, 0) is 0 Å². The van der Waals surface area contributed by atoms with E-state index in [4.69, 9.17) is 4.98 Å². The number of nitrogens with zero attached hydrogens (tertiary/aromatic N) is 4. The van der Waals surface area contributed by atoms with E-state index in [0.717, 1.165) is 33.1 Å². The number of aromatic nitrogens is 6. The van der Waals surface area contributed by atoms with Gasteiger partial charge in [-0.05, 0) is 35.9 Å². The molecule has 0 radical (unpaired) electrons. The summed E-state index contributed by atoms with van der Waals surface area (Å²) in [5.74, 6) is 0.396. The summed E-state index contributed by atoms with van der Waals surface area (Å²) >= 11 is 0. The first kappa shape index (κ1) is 18.2. The summed E-state index contributed by atoms with van der Waals surface area (Å²) in [6.45, 7) is 0. The second-order valence-corrected chi connectivity index (χ2v) is 7.41. The Bertz CT molecular complexity index is 1600. The van der Waals surface area contributed by atoms with Gasteiger partial charge in [-0.2, -0.15) is 5.10 Å². The predicted molar refractivity (Wildman–Crippen MR) is 119 cm³/mol. The maximum Gasteiger partial charge on any atom is 0.159 e. The van der Waals surface area contributed by atoms with E-state index in [2.05, 4.69) is 25.1 Å². The highest BCUT2D eigenvalue weighted by atomic mass is 19.1. The SMILES string of the molecule is Oc1cncc(-c2cc3c(-c4nc5c(-c6ccc(F)cc6)cccc5[nH]4)n[nH]c3cn2)c1. The second-order valence-electron chi connectivity index (χ2n) is 7.41. The molecule has 0 saturated heterocycles. The molecule has 4 heterocycles. The third kappa shape index (κ3) is 2.97. The van der Waals surface area contributed by atoms with E-state index in [1.165, 1.54) is 18.3 Å². The summed E-state index contributed by atoms with van der Waals surface area (Å²) in [5.41, 5.74) is 6.17. The van der Waals surface area contributed by atoms with Crippen LogP contribution in [0.3, 0.4) is 0 Å². The summed E-state index contributed by atoms with van der Waals surface area (Å²) < 4.78 is 13.4. The van der Waals surface area contributed by atoms with Crippen molar-refractivity contribution in [2.45, 2.75) is 0 Å². The van der Waals surface area contributed by atoms with Gasteiger partial charge in [0.15, 0.2) is 5.82 Å². The number of hydrogen-bond acceptors (Lipinski definition) is 5. The average Bonchev–Trinajstić information content (AvgIpc) is 3.43. The third-order valence-electron chi connectivity index (χ3n) is 5.36. The van der Waals surface area contributed by atoms with Crippen molar-refractivity contribution in [1.29, 1.82) is 0 Å². The molecular formula is C24H15FN6O. The number of para-hydroxylation sites is 1. The number of rotatable bonds is 3. The molecular weight excluding hydrogens is 407 g/mol. The van der Waals surface area contributed by atoms with Crippen molar-refractivity contribution in [3.63, 3.8) is 0 Å². The molecule has 0 spiro atoms. The molecule has 0 amide bonds. The molecule has 0 fully saturated rings. The lowest BCUT2D eigenvalue weighted by atomic mass is 10.0. The Hall–Kier alpha value is -4.59. The monoisotopic (exact) mass is 422 g/mol. The zero-order valence-electron chi connectivity index (χ0n) is 16.5. The van der Waals surface area contributed by atoms with Crippen LogP contribution < -0.4 is 0 Å². The molecule has 0 saturated carbocycles. The van der Waals surface area contributed by atoms with E-state index in [0.29, 0.717) is 22.8 Å². The highest BCUT2D eigenvalue weighted by Gasteiger charge is 2.16. The molecule has 32 heavy (non-hydrogen) atoms. The normalized spacial score (nSPS) is 11.4. The van der Waals surface area contributed by atoms with Gasteiger partial charge in [0.1, 0.15) is 17.3 Å². The predicted octanol–water partition coefficient (Wildman–Crippen LogP) is 5.07. The van der Waals surface area contributed by atoms with Crippen LogP contribution in [-0.4, -0.2) is 35.2 Å². The molecule has 6 rings (SSSR count). The average molecular weight is 422 g/mol. The third-order valence-corrected chi connectivity index (χ3v) is 5.36. The van der Waals surface area contributed by atoms with Crippen molar-refractivity contribution in [2.75, 3.05) is 0 Å². The van der Waals surface area contributed by atoms with Crippen LogP contribution in [0.4, 0.5) is 4.39 Å². The minimum Gasteiger partial charge on any atom is -0.506 e. The second kappa shape index (κ2) is 6.98. The zero-order chi connectivity index (χ0) is 21.7. The molecule has 7 nitrogen and oxygen atoms in total. The minimum absolute atomic E-state index is 0.0717. The first-order valence-corrected chi connectivity index (χ1v) is 9.89. The number of fused-ring (bicyclic) bond motifs is 2. The van der Waals surface area contributed by atoms with Crippen molar-refractivity contribution in [2.24, 2.45) is 0 Å². The van der Waals surface area contributed by atoms with E-state index >= 15 is 0 Å². The number of imidazole rings is 1. The minimum atomic E-state index is -0.280. The number of H-pyrrole nitrogens is 2. The van der Waals surface area contributed by atoms with Gasteiger partial charge in [-0.15, -0.1) is 0 Å². The van der Waals surface area contributed by atoms with Crippen LogP contribution in [0.15, 0.2) is 73.2 Å². The molecule has 0 aliphatic carbocycles. The van der Waals surface area contributed by atoms with Crippen LogP contribution in [0, 0.1) is 5.82 Å². The molecule has 6 aromatic rings. The van der Waals surface area contributed by atoms with Gasteiger partial charge in [0.2, 0.25) is 0 Å². The lowest BCUT2D eigenvalue weighted by molar-refractivity contribution is 0.473. The fourth-order valence-corrected chi connectivity index (χ4v) is 3.83. The van der Waals surface area contributed by atoms with Crippen molar-refractivity contribution < 1.29 is 9.50 Å². The quantitative estimate of drug-likeness (QED) is 0.369. The van der Waals surface area contributed by atoms with Crippen LogP contribution in [0.2, 0.25) is 0 Å². The van der Waals surface area contributed by atoms with Crippen LogP contribution in [0.5, 0.6) is 5.75 Å². The molecule has 0 aliphatic rings. The Labute approximate surface area is 180 Å². The van der Waals surface area contributed by atoms with Crippen LogP contribution >= 0.6 is 0 Å². The Morgan fingerprint density at radius 2 is 1.75 bits per heavy atom. The molecule has 2 aromatic carbocycles. The van der Waals surface area contributed by atoms with Crippen molar-refractivity contribution in [3.05, 3.63) is 79.0 Å². The Kier molecular flexibility index (Phi) is 3.97. The van der Waals surface area contributed by atoms with Crippen molar-refractivity contribution >= 4 is 21.9 Å².